The van der Waals surface area contributed by atoms with Crippen LogP contribution in [0.25, 0.3) is 0 Å². The quantitative estimate of drug-likeness (QED) is 0.869. The van der Waals surface area contributed by atoms with Crippen molar-refractivity contribution in [2.45, 2.75) is 51.9 Å². The predicted octanol–water partition coefficient (Wildman–Crippen LogP) is 2.71. The fraction of sp³-hybridized carbons (Fsp3) is 0.667. The number of hydrogen-bond acceptors (Lipinski definition) is 3. The zero-order chi connectivity index (χ0) is 15.2. The molecule has 0 aromatic heterocycles. The second-order valence-electron chi connectivity index (χ2n) is 6.83. The highest BCUT2D eigenvalue weighted by Crippen LogP contribution is 2.16. The molecule has 0 bridgehead atoms. The van der Waals surface area contributed by atoms with Crippen molar-refractivity contribution in [3.63, 3.8) is 0 Å². The van der Waals surface area contributed by atoms with Gasteiger partial charge in [0.15, 0.2) is 0 Å². The van der Waals surface area contributed by atoms with E-state index in [1.807, 2.05) is 0 Å². The predicted molar refractivity (Wildman–Crippen MR) is 90.4 cm³/mol. The molecule has 0 saturated carbocycles. The highest BCUT2D eigenvalue weighted by molar-refractivity contribution is 5.23. The van der Waals surface area contributed by atoms with Crippen LogP contribution in [-0.2, 0) is 13.1 Å². The van der Waals surface area contributed by atoms with Crippen molar-refractivity contribution in [3.05, 3.63) is 35.4 Å². The maximum absolute atomic E-state index is 3.49. The van der Waals surface area contributed by atoms with Crippen molar-refractivity contribution in [3.8, 4) is 0 Å². The normalized spacial score (nSPS) is 20.4. The summed E-state index contributed by atoms with van der Waals surface area (Å²) in [5.74, 6) is 0. The standard InChI is InChI=1S/C18H31N3/c1-15(2)19-12-16-7-5-8-17(11-16)13-21(4)18-9-6-10-20(3)14-18/h5,7-8,11,15,18-19H,6,9-10,12-14H2,1-4H3. The van der Waals surface area contributed by atoms with Gasteiger partial charge >= 0.3 is 0 Å². The van der Waals surface area contributed by atoms with Crippen molar-refractivity contribution >= 4 is 0 Å². The monoisotopic (exact) mass is 289 g/mol. The lowest BCUT2D eigenvalue weighted by atomic mass is 10.0. The summed E-state index contributed by atoms with van der Waals surface area (Å²) in [6.45, 7) is 8.84. The first-order valence-electron chi connectivity index (χ1n) is 8.24. The van der Waals surface area contributed by atoms with E-state index in [1.54, 1.807) is 0 Å². The average molecular weight is 289 g/mol. The minimum atomic E-state index is 0.536. The number of hydrogen-bond donors (Lipinski definition) is 1. The van der Waals surface area contributed by atoms with Gasteiger partial charge in [0.2, 0.25) is 0 Å². The van der Waals surface area contributed by atoms with Crippen molar-refractivity contribution in [2.24, 2.45) is 0 Å². The lowest BCUT2D eigenvalue weighted by molar-refractivity contribution is 0.129. The number of nitrogens with zero attached hydrogens (tertiary/aromatic N) is 2. The summed E-state index contributed by atoms with van der Waals surface area (Å²) < 4.78 is 0. The molecule has 1 aliphatic rings. The van der Waals surface area contributed by atoms with Gasteiger partial charge in [0.25, 0.3) is 0 Å². The molecule has 0 aliphatic carbocycles. The number of nitrogens with one attached hydrogen (secondary N) is 1. The van der Waals surface area contributed by atoms with Crippen LogP contribution in [0.5, 0.6) is 0 Å². The molecule has 3 heteroatoms. The Morgan fingerprint density at radius 3 is 2.81 bits per heavy atom. The molecule has 1 atom stereocenters. The molecular formula is C18H31N3. The summed E-state index contributed by atoms with van der Waals surface area (Å²) in [7, 11) is 4.50. The molecule has 1 heterocycles. The molecule has 1 N–H and O–H groups in total. The molecule has 2 rings (SSSR count). The first kappa shape index (κ1) is 16.5. The molecule has 1 aliphatic heterocycles. The first-order valence-corrected chi connectivity index (χ1v) is 8.24. The van der Waals surface area contributed by atoms with Crippen LogP contribution in [0.2, 0.25) is 0 Å². The molecular weight excluding hydrogens is 258 g/mol. The summed E-state index contributed by atoms with van der Waals surface area (Å²) >= 11 is 0. The fourth-order valence-corrected chi connectivity index (χ4v) is 3.08. The van der Waals surface area contributed by atoms with Crippen LogP contribution in [0, 0.1) is 0 Å². The van der Waals surface area contributed by atoms with Crippen LogP contribution in [0.4, 0.5) is 0 Å². The van der Waals surface area contributed by atoms with Crippen LogP contribution < -0.4 is 5.32 Å². The minimum Gasteiger partial charge on any atom is -0.310 e. The maximum atomic E-state index is 3.49. The molecule has 3 nitrogen and oxygen atoms in total. The Morgan fingerprint density at radius 2 is 2.10 bits per heavy atom. The molecule has 1 aromatic carbocycles. The summed E-state index contributed by atoms with van der Waals surface area (Å²) in [6.07, 6.45) is 2.65. The lowest BCUT2D eigenvalue weighted by Crippen LogP contribution is -2.44. The zero-order valence-electron chi connectivity index (χ0n) is 14.1. The first-order chi connectivity index (χ1) is 10.0. The van der Waals surface area contributed by atoms with Crippen LogP contribution in [0.3, 0.4) is 0 Å². The largest absolute Gasteiger partial charge is 0.310 e. The zero-order valence-corrected chi connectivity index (χ0v) is 14.1. The van der Waals surface area contributed by atoms with Crippen molar-refractivity contribution < 1.29 is 0 Å². The second-order valence-corrected chi connectivity index (χ2v) is 6.83. The van der Waals surface area contributed by atoms with Crippen LogP contribution in [-0.4, -0.2) is 49.1 Å². The van der Waals surface area contributed by atoms with E-state index in [0.717, 1.165) is 13.1 Å². The van der Waals surface area contributed by atoms with Gasteiger partial charge in [0.05, 0.1) is 0 Å². The summed E-state index contributed by atoms with van der Waals surface area (Å²) in [6, 6.07) is 10.2. The van der Waals surface area contributed by atoms with Gasteiger partial charge in [-0.2, -0.15) is 0 Å². The molecule has 0 spiro atoms. The van der Waals surface area contributed by atoms with E-state index < -0.39 is 0 Å². The van der Waals surface area contributed by atoms with E-state index in [4.69, 9.17) is 0 Å². The summed E-state index contributed by atoms with van der Waals surface area (Å²) in [5.41, 5.74) is 2.81. The smallest absolute Gasteiger partial charge is 0.0234 e. The number of piperidine rings is 1. The molecule has 21 heavy (non-hydrogen) atoms. The third-order valence-corrected chi connectivity index (χ3v) is 4.36. The molecule has 1 fully saturated rings. The number of likely N-dealkylation sites (N-methyl/N-ethyl adjacent to an activating group) is 2. The Morgan fingerprint density at radius 1 is 1.33 bits per heavy atom. The van der Waals surface area contributed by atoms with E-state index >= 15 is 0 Å². The molecule has 1 aromatic rings. The fourth-order valence-electron chi connectivity index (χ4n) is 3.08. The third kappa shape index (κ3) is 5.42. The van der Waals surface area contributed by atoms with Crippen molar-refractivity contribution in [1.29, 1.82) is 0 Å². The van der Waals surface area contributed by atoms with Gasteiger partial charge in [-0.15, -0.1) is 0 Å². The number of rotatable bonds is 6. The highest BCUT2D eigenvalue weighted by atomic mass is 15.2. The summed E-state index contributed by atoms with van der Waals surface area (Å²) in [4.78, 5) is 4.97. The van der Waals surface area contributed by atoms with Gasteiger partial charge in [-0.05, 0) is 44.6 Å². The summed E-state index contributed by atoms with van der Waals surface area (Å²) in [5, 5.41) is 3.49. The second kappa shape index (κ2) is 7.92. The highest BCUT2D eigenvalue weighted by Gasteiger charge is 2.20. The lowest BCUT2D eigenvalue weighted by Gasteiger charge is -2.36. The molecule has 0 radical (unpaired) electrons. The number of likely N-dealkylation sites (tertiary alicyclic amines) is 1. The van der Waals surface area contributed by atoms with Crippen LogP contribution in [0.15, 0.2) is 24.3 Å². The van der Waals surface area contributed by atoms with Crippen molar-refractivity contribution in [1.82, 2.24) is 15.1 Å². The Balaban J connectivity index is 1.90. The Bertz CT molecular complexity index is 430. The maximum Gasteiger partial charge on any atom is 0.0234 e. The Kier molecular flexibility index (Phi) is 6.22. The van der Waals surface area contributed by atoms with E-state index in [2.05, 4.69) is 67.3 Å². The molecule has 1 saturated heterocycles. The van der Waals surface area contributed by atoms with Gasteiger partial charge < -0.3 is 10.2 Å². The Labute approximate surface area is 130 Å². The van der Waals surface area contributed by atoms with E-state index in [1.165, 1.54) is 37.1 Å². The van der Waals surface area contributed by atoms with Crippen LogP contribution >= 0.6 is 0 Å². The van der Waals surface area contributed by atoms with E-state index in [9.17, 15) is 0 Å². The Hall–Kier alpha value is -0.900. The van der Waals surface area contributed by atoms with Crippen LogP contribution in [0.1, 0.15) is 37.8 Å². The van der Waals surface area contributed by atoms with Gasteiger partial charge in [-0.1, -0.05) is 38.1 Å². The number of benzene rings is 1. The molecule has 0 amide bonds. The van der Waals surface area contributed by atoms with Crippen molar-refractivity contribution in [2.75, 3.05) is 27.2 Å². The SMILES string of the molecule is CC(C)NCc1cccc(CN(C)C2CCCN(C)C2)c1. The average Bonchev–Trinajstić information content (AvgIpc) is 2.45. The van der Waals surface area contributed by atoms with Gasteiger partial charge in [0.1, 0.15) is 0 Å². The third-order valence-electron chi connectivity index (χ3n) is 4.36. The van der Waals surface area contributed by atoms with Gasteiger partial charge in [-0.3, -0.25) is 4.90 Å². The molecule has 118 valence electrons. The van der Waals surface area contributed by atoms with Gasteiger partial charge in [0, 0.05) is 31.7 Å². The van der Waals surface area contributed by atoms with E-state index in [-0.39, 0.29) is 0 Å². The molecule has 1 unspecified atom stereocenters. The van der Waals surface area contributed by atoms with Gasteiger partial charge in [-0.25, -0.2) is 0 Å². The minimum absolute atomic E-state index is 0.536. The topological polar surface area (TPSA) is 18.5 Å². The van der Waals surface area contributed by atoms with E-state index in [0.29, 0.717) is 12.1 Å².